The lowest BCUT2D eigenvalue weighted by Gasteiger charge is -2.27. The molecule has 306 valence electrons. The molecule has 0 aliphatic carbocycles. The smallest absolute Gasteiger partial charge is 0.328 e. The van der Waals surface area contributed by atoms with Gasteiger partial charge in [0.15, 0.2) is 0 Å². The highest BCUT2D eigenvalue weighted by Crippen LogP contribution is 2.31. The maximum atomic E-state index is 13.1. The number of benzene rings is 4. The highest BCUT2D eigenvalue weighted by molar-refractivity contribution is 7.90. The Morgan fingerprint density at radius 1 is 0.386 bits per heavy atom. The Hall–Kier alpha value is -5.46. The van der Waals surface area contributed by atoms with Crippen molar-refractivity contribution in [2.45, 2.75) is 95.1 Å². The Kier molecular flexibility index (Phi) is 14.5. The highest BCUT2D eigenvalue weighted by atomic mass is 32.2. The van der Waals surface area contributed by atoms with Gasteiger partial charge in [0, 0.05) is 19.6 Å². The number of nitrogens with one attached hydrogen (secondary N) is 6. The first-order chi connectivity index (χ1) is 26.8. The number of aryl methyl sites for hydroxylation is 3. The maximum absolute atomic E-state index is 13.1. The summed E-state index contributed by atoms with van der Waals surface area (Å²) in [7, 11) is -12.7. The summed E-state index contributed by atoms with van der Waals surface area (Å²) in [6.45, 7) is 10.4. The number of hydrogen-bond donors (Lipinski definition) is 6. The van der Waals surface area contributed by atoms with Gasteiger partial charge in [-0.15, -0.1) is 0 Å². The molecule has 0 fully saturated rings. The van der Waals surface area contributed by atoms with E-state index in [1.165, 1.54) is 36.4 Å². The molecule has 4 aromatic carbocycles. The molecule has 4 rings (SSSR count). The van der Waals surface area contributed by atoms with Crippen molar-refractivity contribution in [2.75, 3.05) is 0 Å². The molecule has 6 amide bonds. The molecule has 0 atom stereocenters. The number of rotatable bonds is 15. The molecule has 6 N–H and O–H groups in total. The molecule has 0 spiro atoms. The Bertz CT molecular complexity index is 2160. The largest absolute Gasteiger partial charge is 0.333 e. The quantitative estimate of drug-likeness (QED) is 0.0960. The van der Waals surface area contributed by atoms with Gasteiger partial charge in [0.25, 0.3) is 30.1 Å². The van der Waals surface area contributed by atoms with Gasteiger partial charge < -0.3 is 16.0 Å². The molecule has 0 bridgehead atoms. The molecule has 0 radical (unpaired) electrons. The van der Waals surface area contributed by atoms with Crippen LogP contribution >= 0.6 is 0 Å². The second-order valence-corrected chi connectivity index (χ2v) is 18.3. The van der Waals surface area contributed by atoms with Crippen molar-refractivity contribution in [3.05, 3.63) is 123 Å². The third-order valence-corrected chi connectivity index (χ3v) is 13.2. The van der Waals surface area contributed by atoms with Gasteiger partial charge in [-0.3, -0.25) is 0 Å². The number of amides is 6. The molecule has 0 aliphatic rings. The van der Waals surface area contributed by atoms with E-state index in [2.05, 4.69) is 16.0 Å². The Labute approximate surface area is 334 Å². The standard InChI is InChI=1S/C39H48N6O9S3/c1-7-31-34(22-40-37(46)43-55(49,50)28-16-10-25(4)11-17-28)32(8-2)36(24-42-39(48)45-57(53,54)30-20-14-27(6)15-21-30)33(9-3)35(31)23-41-38(47)44-56(51,52)29-18-12-26(5)13-19-29/h10-21H,7-9,22-24H2,1-6H3,(H2,40,43,46)(H2,41,44,47)(H2,42,45,48). The van der Waals surface area contributed by atoms with Crippen molar-refractivity contribution >= 4 is 48.2 Å². The monoisotopic (exact) mass is 840 g/mol. The molecule has 4 aromatic rings. The summed E-state index contributed by atoms with van der Waals surface area (Å²) in [4.78, 5) is 38.9. The summed E-state index contributed by atoms with van der Waals surface area (Å²) in [6, 6.07) is 14.9. The first-order valence-corrected chi connectivity index (χ1v) is 22.6. The van der Waals surface area contributed by atoms with E-state index in [1.807, 2.05) is 34.9 Å². The van der Waals surface area contributed by atoms with Crippen molar-refractivity contribution in [1.82, 2.24) is 30.1 Å². The van der Waals surface area contributed by atoms with Gasteiger partial charge in [-0.2, -0.15) is 0 Å². The topological polar surface area (TPSA) is 226 Å². The highest BCUT2D eigenvalue weighted by Gasteiger charge is 2.25. The maximum Gasteiger partial charge on any atom is 0.328 e. The number of sulfonamides is 3. The van der Waals surface area contributed by atoms with Gasteiger partial charge >= 0.3 is 18.1 Å². The van der Waals surface area contributed by atoms with E-state index >= 15 is 0 Å². The predicted octanol–water partition coefficient (Wildman–Crippen LogP) is 4.86. The van der Waals surface area contributed by atoms with Crippen LogP contribution < -0.4 is 30.1 Å². The molecular formula is C39H48N6O9S3. The normalized spacial score (nSPS) is 11.7. The second-order valence-electron chi connectivity index (χ2n) is 13.2. The van der Waals surface area contributed by atoms with Crippen LogP contribution in [-0.2, 0) is 69.0 Å². The van der Waals surface area contributed by atoms with E-state index in [1.54, 1.807) is 57.2 Å². The van der Waals surface area contributed by atoms with Crippen molar-refractivity contribution in [3.8, 4) is 0 Å². The molecule has 0 unspecified atom stereocenters. The van der Waals surface area contributed by atoms with Crippen LogP contribution in [0.15, 0.2) is 87.5 Å². The van der Waals surface area contributed by atoms with E-state index in [4.69, 9.17) is 0 Å². The van der Waals surface area contributed by atoms with Gasteiger partial charge in [-0.1, -0.05) is 73.9 Å². The Morgan fingerprint density at radius 3 is 0.789 bits per heavy atom. The van der Waals surface area contributed by atoms with Crippen LogP contribution in [-0.4, -0.2) is 43.3 Å². The lowest BCUT2D eigenvalue weighted by molar-refractivity contribution is 0.244. The third-order valence-electron chi connectivity index (χ3n) is 9.20. The van der Waals surface area contributed by atoms with E-state index in [9.17, 15) is 39.6 Å². The summed E-state index contributed by atoms with van der Waals surface area (Å²) in [5.74, 6) is 0. The van der Waals surface area contributed by atoms with Crippen LogP contribution in [0.3, 0.4) is 0 Å². The summed E-state index contributed by atoms with van der Waals surface area (Å²) in [6.07, 6.45) is 1.14. The van der Waals surface area contributed by atoms with Gasteiger partial charge in [-0.25, -0.2) is 53.8 Å². The third kappa shape index (κ3) is 11.3. The Balaban J connectivity index is 1.68. The van der Waals surface area contributed by atoms with E-state index in [0.717, 1.165) is 16.7 Å². The molecular weight excluding hydrogens is 793 g/mol. The summed E-state index contributed by atoms with van der Waals surface area (Å²) >= 11 is 0. The van der Waals surface area contributed by atoms with Gasteiger partial charge in [0.2, 0.25) is 0 Å². The Morgan fingerprint density at radius 2 is 0.596 bits per heavy atom. The van der Waals surface area contributed by atoms with Crippen LogP contribution in [0.5, 0.6) is 0 Å². The van der Waals surface area contributed by atoms with Crippen LogP contribution in [0.2, 0.25) is 0 Å². The van der Waals surface area contributed by atoms with E-state index < -0.39 is 48.2 Å². The zero-order chi connectivity index (χ0) is 42.1. The molecule has 0 saturated heterocycles. The first kappa shape index (κ1) is 44.3. The van der Waals surface area contributed by atoms with Crippen molar-refractivity contribution in [1.29, 1.82) is 0 Å². The van der Waals surface area contributed by atoms with Crippen LogP contribution in [0, 0.1) is 20.8 Å². The number of urea groups is 3. The summed E-state index contributed by atoms with van der Waals surface area (Å²) in [5.41, 5.74) is 6.32. The van der Waals surface area contributed by atoms with Crippen LogP contribution in [0.4, 0.5) is 14.4 Å². The molecule has 0 saturated carbocycles. The molecule has 0 aliphatic heterocycles. The minimum absolute atomic E-state index is 0.105. The average Bonchev–Trinajstić information content (AvgIpc) is 3.14. The number of carbonyl (C=O) groups is 3. The molecule has 57 heavy (non-hydrogen) atoms. The first-order valence-electron chi connectivity index (χ1n) is 18.1. The van der Waals surface area contributed by atoms with Gasteiger partial charge in [-0.05, 0) is 110 Å². The van der Waals surface area contributed by atoms with Gasteiger partial charge in [0.1, 0.15) is 0 Å². The van der Waals surface area contributed by atoms with Crippen LogP contribution in [0.25, 0.3) is 0 Å². The van der Waals surface area contributed by atoms with Crippen molar-refractivity contribution in [3.63, 3.8) is 0 Å². The number of carbonyl (C=O) groups excluding carboxylic acids is 3. The predicted molar refractivity (Wildman–Crippen MR) is 216 cm³/mol. The van der Waals surface area contributed by atoms with Gasteiger partial charge in [0.05, 0.1) is 14.7 Å². The fourth-order valence-corrected chi connectivity index (χ4v) is 9.11. The fraction of sp³-hybridized carbons (Fsp3) is 0.308. The minimum atomic E-state index is -4.22. The molecule has 0 heterocycles. The zero-order valence-electron chi connectivity index (χ0n) is 32.6. The fourth-order valence-electron chi connectivity index (χ4n) is 6.32. The van der Waals surface area contributed by atoms with Crippen molar-refractivity contribution < 1.29 is 39.6 Å². The molecule has 0 aromatic heterocycles. The van der Waals surface area contributed by atoms with E-state index in [0.29, 0.717) is 52.6 Å². The lowest BCUT2D eigenvalue weighted by Crippen LogP contribution is -2.41. The molecule has 18 heteroatoms. The summed E-state index contributed by atoms with van der Waals surface area (Å²) < 4.78 is 83.8. The minimum Gasteiger partial charge on any atom is -0.333 e. The molecule has 15 nitrogen and oxygen atoms in total. The summed E-state index contributed by atoms with van der Waals surface area (Å²) in [5, 5.41) is 7.88. The number of hydrogen-bond acceptors (Lipinski definition) is 9. The van der Waals surface area contributed by atoms with Crippen LogP contribution in [0.1, 0.15) is 70.8 Å². The lowest BCUT2D eigenvalue weighted by atomic mass is 9.83. The SMILES string of the molecule is CCc1c(CNC(=O)NS(=O)(=O)c2ccc(C)cc2)c(CC)c(CNC(=O)NS(=O)(=O)c2ccc(C)cc2)c(CC)c1CNC(=O)NS(=O)(=O)c1ccc(C)cc1. The average molecular weight is 841 g/mol. The zero-order valence-corrected chi connectivity index (χ0v) is 35.0. The second kappa shape index (κ2) is 18.7. The van der Waals surface area contributed by atoms with Crippen molar-refractivity contribution in [2.24, 2.45) is 0 Å². The van der Waals surface area contributed by atoms with E-state index in [-0.39, 0.29) is 34.3 Å².